The highest BCUT2D eigenvalue weighted by atomic mass is 16.7. The Morgan fingerprint density at radius 3 is 2.12 bits per heavy atom. The van der Waals surface area contributed by atoms with Crippen molar-refractivity contribution in [3.8, 4) is 0 Å². The van der Waals surface area contributed by atoms with Crippen molar-refractivity contribution in [2.75, 3.05) is 26.4 Å². The van der Waals surface area contributed by atoms with E-state index in [4.69, 9.17) is 14.2 Å². The van der Waals surface area contributed by atoms with Crippen molar-refractivity contribution < 1.29 is 34.0 Å². The molecule has 0 bridgehead atoms. The zero-order chi connectivity index (χ0) is 20.2. The summed E-state index contributed by atoms with van der Waals surface area (Å²) in [6.45, 7) is 11.8. The third-order valence-electron chi connectivity index (χ3n) is 4.87. The lowest BCUT2D eigenvalue weighted by atomic mass is 9.79. The molecular weight excluding hydrogens is 340 g/mol. The summed E-state index contributed by atoms with van der Waals surface area (Å²) in [6, 6.07) is 0. The van der Waals surface area contributed by atoms with Crippen LogP contribution in [0.1, 0.15) is 41.0 Å². The lowest BCUT2D eigenvalue weighted by molar-refractivity contribution is -0.328. The van der Waals surface area contributed by atoms with Gasteiger partial charge in [0.25, 0.3) is 0 Å². The first-order valence-electron chi connectivity index (χ1n) is 8.59. The van der Waals surface area contributed by atoms with E-state index in [1.807, 2.05) is 6.92 Å². The van der Waals surface area contributed by atoms with Crippen LogP contribution in [0.3, 0.4) is 0 Å². The van der Waals surface area contributed by atoms with E-state index in [1.165, 1.54) is 19.9 Å². The van der Waals surface area contributed by atoms with Crippen LogP contribution >= 0.6 is 0 Å². The summed E-state index contributed by atoms with van der Waals surface area (Å²) in [5.41, 5.74) is -1.21. The largest absolute Gasteiger partial charge is 0.396 e. The molecule has 0 amide bonds. The molecule has 0 atom stereocenters. The van der Waals surface area contributed by atoms with E-state index in [0.29, 0.717) is 6.42 Å². The molecule has 7 heteroatoms. The number of carbonyl (C=O) groups is 2. The lowest BCUT2D eigenvalue weighted by Gasteiger charge is -2.50. The average molecular weight is 370 g/mol. The van der Waals surface area contributed by atoms with Gasteiger partial charge in [0.15, 0.2) is 5.79 Å². The van der Waals surface area contributed by atoms with E-state index >= 15 is 0 Å². The van der Waals surface area contributed by atoms with Crippen molar-refractivity contribution in [2.45, 2.75) is 46.8 Å². The van der Waals surface area contributed by atoms with Gasteiger partial charge in [-0.15, -0.1) is 0 Å². The summed E-state index contributed by atoms with van der Waals surface area (Å²) in [4.78, 5) is 23.7. The van der Waals surface area contributed by atoms with Crippen molar-refractivity contribution in [1.29, 1.82) is 0 Å². The van der Waals surface area contributed by atoms with Gasteiger partial charge in [-0.05, 0) is 26.3 Å². The van der Waals surface area contributed by atoms with Crippen LogP contribution in [0.15, 0.2) is 23.8 Å². The summed E-state index contributed by atoms with van der Waals surface area (Å²) in [7, 11) is 0. The number of rotatable bonds is 7. The van der Waals surface area contributed by atoms with Crippen LogP contribution in [-0.4, -0.2) is 54.4 Å². The Labute approximate surface area is 154 Å². The van der Waals surface area contributed by atoms with Gasteiger partial charge in [-0.25, -0.2) is 9.59 Å². The van der Waals surface area contributed by atoms with Gasteiger partial charge >= 0.3 is 11.9 Å². The summed E-state index contributed by atoms with van der Waals surface area (Å²) < 4.78 is 16.7. The molecule has 0 aliphatic carbocycles. The third-order valence-corrected chi connectivity index (χ3v) is 4.87. The van der Waals surface area contributed by atoms with Crippen molar-refractivity contribution in [3.63, 3.8) is 0 Å². The molecule has 0 spiro atoms. The molecule has 0 aromatic carbocycles. The van der Waals surface area contributed by atoms with Crippen molar-refractivity contribution in [2.24, 2.45) is 10.8 Å². The van der Waals surface area contributed by atoms with Crippen LogP contribution in [0.5, 0.6) is 0 Å². The van der Waals surface area contributed by atoms with E-state index in [1.54, 1.807) is 13.8 Å². The number of aliphatic hydroxyl groups is 2. The van der Waals surface area contributed by atoms with Crippen molar-refractivity contribution in [3.05, 3.63) is 23.8 Å². The summed E-state index contributed by atoms with van der Waals surface area (Å²) >= 11 is 0. The molecule has 1 aliphatic heterocycles. The van der Waals surface area contributed by atoms with E-state index in [-0.39, 0.29) is 37.6 Å². The maximum absolute atomic E-state index is 12.2. The molecule has 0 unspecified atom stereocenters. The molecule has 7 nitrogen and oxygen atoms in total. The lowest BCUT2D eigenvalue weighted by Crippen LogP contribution is -2.58. The Morgan fingerprint density at radius 1 is 1.19 bits per heavy atom. The summed E-state index contributed by atoms with van der Waals surface area (Å²) in [5.74, 6) is -3.05. The molecule has 1 saturated heterocycles. The van der Waals surface area contributed by atoms with Crippen LogP contribution in [0, 0.1) is 10.8 Å². The number of hydrogen-bond donors (Lipinski definition) is 2. The molecular formula is C19H30O7. The predicted molar refractivity (Wildman–Crippen MR) is 95.0 cm³/mol. The Bertz CT molecular complexity index is 575. The highest BCUT2D eigenvalue weighted by Gasteiger charge is 2.52. The fourth-order valence-corrected chi connectivity index (χ4v) is 2.39. The van der Waals surface area contributed by atoms with Gasteiger partial charge in [0.2, 0.25) is 0 Å². The second-order valence-corrected chi connectivity index (χ2v) is 7.58. The average Bonchev–Trinajstić information content (AvgIpc) is 2.62. The van der Waals surface area contributed by atoms with Gasteiger partial charge in [0, 0.05) is 22.0 Å². The second kappa shape index (κ2) is 8.43. The number of aliphatic hydroxyl groups excluding tert-OH is 2. The molecule has 0 radical (unpaired) electrons. The molecule has 2 N–H and O–H groups in total. The monoisotopic (exact) mass is 370 g/mol. The minimum atomic E-state index is -1.40. The van der Waals surface area contributed by atoms with Crippen LogP contribution in [0.4, 0.5) is 0 Å². The molecule has 26 heavy (non-hydrogen) atoms. The Morgan fingerprint density at radius 2 is 1.73 bits per heavy atom. The van der Waals surface area contributed by atoms with E-state index in [2.05, 4.69) is 6.58 Å². The van der Waals surface area contributed by atoms with Crippen molar-refractivity contribution >= 4 is 11.9 Å². The van der Waals surface area contributed by atoms with Gasteiger partial charge in [0.1, 0.15) is 0 Å². The smallest absolute Gasteiger partial charge is 0.341 e. The summed E-state index contributed by atoms with van der Waals surface area (Å²) in [5, 5.41) is 19.5. The van der Waals surface area contributed by atoms with Crippen LogP contribution < -0.4 is 0 Å². The quantitative estimate of drug-likeness (QED) is 0.400. The fourth-order valence-electron chi connectivity index (χ4n) is 2.39. The molecule has 1 heterocycles. The second-order valence-electron chi connectivity index (χ2n) is 7.58. The normalized spacial score (nSPS) is 27.1. The maximum Gasteiger partial charge on any atom is 0.341 e. The molecule has 1 rings (SSSR count). The fraction of sp³-hybridized carbons (Fsp3) is 0.684. The number of carbonyl (C=O) groups excluding carboxylic acids is 2. The molecule has 1 aliphatic rings. The highest BCUT2D eigenvalue weighted by molar-refractivity contribution is 6.01. The maximum atomic E-state index is 12.2. The topological polar surface area (TPSA) is 102 Å². The first kappa shape index (κ1) is 22.5. The SMILES string of the molecule is C=C(C)C(=O)OC(=O)C(C)=CC1(C(C)(C)CO)OCC(CC)(CO)CO1. The number of ether oxygens (including phenoxy) is 3. The molecule has 1 fully saturated rings. The van der Waals surface area contributed by atoms with Gasteiger partial charge in [0.05, 0.1) is 26.4 Å². The zero-order valence-electron chi connectivity index (χ0n) is 16.3. The Hall–Kier alpha value is -1.54. The predicted octanol–water partition coefficient (Wildman–Crippen LogP) is 1.73. The van der Waals surface area contributed by atoms with Crippen molar-refractivity contribution in [1.82, 2.24) is 0 Å². The summed E-state index contributed by atoms with van der Waals surface area (Å²) in [6.07, 6.45) is 2.07. The van der Waals surface area contributed by atoms with E-state index < -0.39 is 28.6 Å². The Balaban J connectivity index is 3.15. The van der Waals surface area contributed by atoms with E-state index in [0.717, 1.165) is 0 Å². The third kappa shape index (κ3) is 4.59. The minimum absolute atomic E-state index is 0.100. The van der Waals surface area contributed by atoms with Gasteiger partial charge < -0.3 is 24.4 Å². The van der Waals surface area contributed by atoms with Gasteiger partial charge in [-0.2, -0.15) is 0 Å². The number of hydrogen-bond acceptors (Lipinski definition) is 7. The van der Waals surface area contributed by atoms with Gasteiger partial charge in [-0.1, -0.05) is 27.4 Å². The first-order chi connectivity index (χ1) is 12.0. The molecule has 0 aromatic heterocycles. The number of esters is 2. The van der Waals surface area contributed by atoms with Gasteiger partial charge in [-0.3, -0.25) is 0 Å². The minimum Gasteiger partial charge on any atom is -0.396 e. The van der Waals surface area contributed by atoms with Crippen LogP contribution in [-0.2, 0) is 23.8 Å². The molecule has 148 valence electrons. The van der Waals surface area contributed by atoms with E-state index in [9.17, 15) is 19.8 Å². The standard InChI is InChI=1S/C19H30O7/c1-7-18(10-21)11-24-19(25-12-18,17(5,6)9-20)8-14(4)16(23)26-15(22)13(2)3/h8,20-21H,2,7,9-12H2,1,3-6H3. The van der Waals surface area contributed by atoms with Crippen LogP contribution in [0.25, 0.3) is 0 Å². The molecule has 0 aromatic rings. The highest BCUT2D eigenvalue weighted by Crippen LogP contribution is 2.43. The zero-order valence-corrected chi connectivity index (χ0v) is 16.3. The Kier molecular flexibility index (Phi) is 7.30. The first-order valence-corrected chi connectivity index (χ1v) is 8.59. The molecule has 0 saturated carbocycles. The van der Waals surface area contributed by atoms with Crippen LogP contribution in [0.2, 0.25) is 0 Å².